The Kier molecular flexibility index (Phi) is 7.52. The van der Waals surface area contributed by atoms with Crippen molar-refractivity contribution in [3.8, 4) is 6.07 Å². The number of hydrogen-bond acceptors (Lipinski definition) is 7. The zero-order chi connectivity index (χ0) is 17.5. The number of esters is 1. The molecule has 0 aliphatic heterocycles. The lowest BCUT2D eigenvalue weighted by Gasteiger charge is -2.09. The Morgan fingerprint density at radius 1 is 1.43 bits per heavy atom. The van der Waals surface area contributed by atoms with E-state index in [1.807, 2.05) is 6.07 Å². The summed E-state index contributed by atoms with van der Waals surface area (Å²) in [5.74, 6) is 0.334. The first-order valence-corrected chi connectivity index (χ1v) is 10.2. The standard InChI is InChI=1S/C15H20N2O4S2/c1-4-21-15(18)13-9-12(10-16)14(17-11(13)2)22-7-5-6-8-23(3,19)20/h9H,4-8H2,1-3H3. The topological polar surface area (TPSA) is 97.1 Å². The molecule has 23 heavy (non-hydrogen) atoms. The maximum atomic E-state index is 11.8. The highest BCUT2D eigenvalue weighted by atomic mass is 32.2. The lowest BCUT2D eigenvalue weighted by Crippen LogP contribution is -2.09. The molecule has 0 aromatic carbocycles. The van der Waals surface area contributed by atoms with Crippen molar-refractivity contribution in [2.24, 2.45) is 0 Å². The molecule has 6 nitrogen and oxygen atoms in total. The van der Waals surface area contributed by atoms with Gasteiger partial charge in [-0.3, -0.25) is 0 Å². The fourth-order valence-corrected chi connectivity index (χ4v) is 3.56. The van der Waals surface area contributed by atoms with Crippen molar-refractivity contribution in [3.63, 3.8) is 0 Å². The van der Waals surface area contributed by atoms with Crippen LogP contribution in [0.4, 0.5) is 0 Å². The molecule has 8 heteroatoms. The van der Waals surface area contributed by atoms with Crippen molar-refractivity contribution >= 4 is 27.6 Å². The zero-order valence-electron chi connectivity index (χ0n) is 13.5. The largest absolute Gasteiger partial charge is 0.462 e. The average Bonchev–Trinajstić information content (AvgIpc) is 2.46. The van der Waals surface area contributed by atoms with E-state index in [1.54, 1.807) is 13.8 Å². The molecule has 0 atom stereocenters. The summed E-state index contributed by atoms with van der Waals surface area (Å²) in [6.45, 7) is 3.67. The highest BCUT2D eigenvalue weighted by molar-refractivity contribution is 7.99. The van der Waals surface area contributed by atoms with Crippen LogP contribution >= 0.6 is 11.8 Å². The van der Waals surface area contributed by atoms with Crippen LogP contribution in [-0.4, -0.2) is 43.7 Å². The van der Waals surface area contributed by atoms with Crippen LogP contribution in [0.3, 0.4) is 0 Å². The van der Waals surface area contributed by atoms with Gasteiger partial charge in [0.15, 0.2) is 0 Å². The van der Waals surface area contributed by atoms with Gasteiger partial charge in [0.1, 0.15) is 20.9 Å². The van der Waals surface area contributed by atoms with E-state index in [2.05, 4.69) is 4.98 Å². The van der Waals surface area contributed by atoms with Crippen LogP contribution in [-0.2, 0) is 14.6 Å². The summed E-state index contributed by atoms with van der Waals surface area (Å²) in [6, 6.07) is 3.54. The van der Waals surface area contributed by atoms with Gasteiger partial charge >= 0.3 is 5.97 Å². The summed E-state index contributed by atoms with van der Waals surface area (Å²) >= 11 is 1.39. The molecule has 0 saturated heterocycles. The molecule has 1 rings (SSSR count). The summed E-state index contributed by atoms with van der Waals surface area (Å²) < 4.78 is 27.1. The molecule has 0 unspecified atom stereocenters. The Morgan fingerprint density at radius 2 is 2.13 bits per heavy atom. The van der Waals surface area contributed by atoms with Gasteiger partial charge in [0, 0.05) is 12.0 Å². The van der Waals surface area contributed by atoms with Gasteiger partial charge in [0.05, 0.1) is 23.4 Å². The zero-order valence-corrected chi connectivity index (χ0v) is 15.1. The van der Waals surface area contributed by atoms with Crippen molar-refractivity contribution in [1.82, 2.24) is 4.98 Å². The molecule has 1 aromatic rings. The van der Waals surface area contributed by atoms with E-state index in [0.717, 1.165) is 0 Å². The normalized spacial score (nSPS) is 11.0. The minimum atomic E-state index is -2.94. The minimum absolute atomic E-state index is 0.160. The Balaban J connectivity index is 2.75. The van der Waals surface area contributed by atoms with E-state index < -0.39 is 15.8 Å². The van der Waals surface area contributed by atoms with E-state index in [4.69, 9.17) is 4.74 Å². The molecule has 1 heterocycles. The molecular weight excluding hydrogens is 336 g/mol. The van der Waals surface area contributed by atoms with Crippen LogP contribution in [0.1, 0.15) is 41.4 Å². The number of carbonyl (C=O) groups is 1. The quantitative estimate of drug-likeness (QED) is 0.400. The number of rotatable bonds is 8. The fourth-order valence-electron chi connectivity index (χ4n) is 1.82. The Bertz CT molecular complexity index is 709. The summed E-state index contributed by atoms with van der Waals surface area (Å²) in [7, 11) is -2.94. The van der Waals surface area contributed by atoms with Crippen LogP contribution in [0.2, 0.25) is 0 Å². The number of carbonyl (C=O) groups excluding carboxylic acids is 1. The average molecular weight is 356 g/mol. The minimum Gasteiger partial charge on any atom is -0.462 e. The molecule has 0 amide bonds. The number of aryl methyl sites for hydroxylation is 1. The van der Waals surface area contributed by atoms with Gasteiger partial charge in [0.2, 0.25) is 0 Å². The van der Waals surface area contributed by atoms with Crippen molar-refractivity contribution in [1.29, 1.82) is 5.26 Å². The number of ether oxygens (including phenoxy) is 1. The van der Waals surface area contributed by atoms with Crippen LogP contribution in [0, 0.1) is 18.3 Å². The third-order valence-electron chi connectivity index (χ3n) is 2.94. The highest BCUT2D eigenvalue weighted by Crippen LogP contribution is 2.24. The van der Waals surface area contributed by atoms with Gasteiger partial charge in [-0.2, -0.15) is 5.26 Å². The first-order chi connectivity index (χ1) is 10.8. The molecule has 0 fully saturated rings. The summed E-state index contributed by atoms with van der Waals surface area (Å²) in [4.78, 5) is 16.1. The molecule has 1 aromatic heterocycles. The van der Waals surface area contributed by atoms with Gasteiger partial charge in [-0.25, -0.2) is 18.2 Å². The first kappa shape index (κ1) is 19.5. The Labute approximate surface area is 141 Å². The first-order valence-electron chi connectivity index (χ1n) is 7.18. The molecule has 126 valence electrons. The van der Waals surface area contributed by atoms with Crippen molar-refractivity contribution in [3.05, 3.63) is 22.9 Å². The van der Waals surface area contributed by atoms with Crippen LogP contribution in [0.25, 0.3) is 0 Å². The van der Waals surface area contributed by atoms with E-state index in [9.17, 15) is 18.5 Å². The molecule has 0 saturated carbocycles. The number of nitriles is 1. The Hall–Kier alpha value is -1.59. The summed E-state index contributed by atoms with van der Waals surface area (Å²) in [6.07, 6.45) is 2.50. The molecule has 0 aliphatic rings. The van der Waals surface area contributed by atoms with Crippen molar-refractivity contribution in [2.45, 2.75) is 31.7 Å². The maximum absolute atomic E-state index is 11.8. The van der Waals surface area contributed by atoms with Gasteiger partial charge in [-0.15, -0.1) is 11.8 Å². The third-order valence-corrected chi connectivity index (χ3v) is 5.05. The van der Waals surface area contributed by atoms with E-state index >= 15 is 0 Å². The van der Waals surface area contributed by atoms with Crippen LogP contribution < -0.4 is 0 Å². The van der Waals surface area contributed by atoms with Crippen LogP contribution in [0.15, 0.2) is 11.1 Å². The SMILES string of the molecule is CCOC(=O)c1cc(C#N)c(SCCCCS(C)(=O)=O)nc1C. The van der Waals surface area contributed by atoms with E-state index in [-0.39, 0.29) is 12.4 Å². The number of thioether (sulfide) groups is 1. The Morgan fingerprint density at radius 3 is 2.70 bits per heavy atom. The summed E-state index contributed by atoms with van der Waals surface area (Å²) in [5, 5.41) is 9.77. The number of unbranched alkanes of at least 4 members (excludes halogenated alkanes) is 1. The molecule has 0 N–H and O–H groups in total. The predicted octanol–water partition coefficient (Wildman–Crippen LogP) is 2.36. The van der Waals surface area contributed by atoms with Gasteiger partial charge < -0.3 is 4.74 Å². The lowest BCUT2D eigenvalue weighted by molar-refractivity contribution is 0.0524. The van der Waals surface area contributed by atoms with Crippen LogP contribution in [0.5, 0.6) is 0 Å². The van der Waals surface area contributed by atoms with Gasteiger partial charge in [-0.1, -0.05) is 0 Å². The second kappa shape index (κ2) is 8.89. The second-order valence-electron chi connectivity index (χ2n) is 4.99. The number of nitrogens with zero attached hydrogens (tertiary/aromatic N) is 2. The van der Waals surface area contributed by atoms with Gasteiger partial charge in [-0.05, 0) is 38.5 Å². The van der Waals surface area contributed by atoms with Gasteiger partial charge in [0.25, 0.3) is 0 Å². The van der Waals surface area contributed by atoms with Crippen molar-refractivity contribution in [2.75, 3.05) is 24.4 Å². The molecule has 0 bridgehead atoms. The highest BCUT2D eigenvalue weighted by Gasteiger charge is 2.16. The third kappa shape index (κ3) is 6.59. The maximum Gasteiger partial charge on any atom is 0.340 e. The fraction of sp³-hybridized carbons (Fsp3) is 0.533. The molecule has 0 spiro atoms. The number of sulfone groups is 1. The monoisotopic (exact) mass is 356 g/mol. The molecule has 0 aliphatic carbocycles. The number of aromatic nitrogens is 1. The molecule has 0 radical (unpaired) electrons. The number of pyridine rings is 1. The van der Waals surface area contributed by atoms with Crippen molar-refractivity contribution < 1.29 is 17.9 Å². The lowest BCUT2D eigenvalue weighted by atomic mass is 10.1. The van der Waals surface area contributed by atoms with E-state index in [1.165, 1.54) is 24.1 Å². The summed E-state index contributed by atoms with van der Waals surface area (Å²) in [5.41, 5.74) is 1.14. The smallest absolute Gasteiger partial charge is 0.340 e. The molecular formula is C15H20N2O4S2. The predicted molar refractivity (Wildman–Crippen MR) is 89.3 cm³/mol. The van der Waals surface area contributed by atoms with E-state index in [0.29, 0.717) is 40.4 Å². The second-order valence-corrected chi connectivity index (χ2v) is 8.34. The number of hydrogen-bond donors (Lipinski definition) is 0.